The van der Waals surface area contributed by atoms with Gasteiger partial charge in [0.15, 0.2) is 0 Å². The first-order valence-corrected chi connectivity index (χ1v) is 4.91. The van der Waals surface area contributed by atoms with Crippen LogP contribution in [0.25, 0.3) is 0 Å². The van der Waals surface area contributed by atoms with Crippen LogP contribution in [0.3, 0.4) is 0 Å². The molecule has 1 aromatic rings. The van der Waals surface area contributed by atoms with Crippen molar-refractivity contribution in [1.29, 1.82) is 0 Å². The van der Waals surface area contributed by atoms with E-state index in [-0.39, 0.29) is 12.1 Å². The van der Waals surface area contributed by atoms with Crippen LogP contribution < -0.4 is 5.73 Å². The monoisotopic (exact) mass is 196 g/mol. The molecule has 2 rings (SSSR count). The van der Waals surface area contributed by atoms with E-state index in [1.807, 2.05) is 16.9 Å². The summed E-state index contributed by atoms with van der Waals surface area (Å²) >= 11 is 0. The van der Waals surface area contributed by atoms with Crippen molar-refractivity contribution < 1.29 is 5.11 Å². The van der Waals surface area contributed by atoms with Crippen LogP contribution in [0.4, 0.5) is 0 Å². The van der Waals surface area contributed by atoms with E-state index in [9.17, 15) is 5.11 Å². The molecule has 5 nitrogen and oxygen atoms in total. The normalized spacial score (nSPS) is 28.4. The molecule has 0 radical (unpaired) electrons. The molecule has 0 bridgehead atoms. The molecule has 1 aliphatic rings. The third kappa shape index (κ3) is 1.79. The first kappa shape index (κ1) is 9.64. The van der Waals surface area contributed by atoms with Crippen LogP contribution in [-0.4, -0.2) is 52.1 Å². The highest BCUT2D eigenvalue weighted by Crippen LogP contribution is 2.20. The second kappa shape index (κ2) is 4.08. The van der Waals surface area contributed by atoms with Crippen LogP contribution in [0, 0.1) is 0 Å². The fourth-order valence-electron chi connectivity index (χ4n) is 1.95. The Morgan fingerprint density at radius 1 is 1.50 bits per heavy atom. The Labute approximate surface area is 83.1 Å². The number of β-amino-alcohol motifs (C(OH)–C–C–N with tert-alkyl or cyclic N) is 1. The molecule has 0 saturated carbocycles. The Morgan fingerprint density at radius 2 is 2.36 bits per heavy atom. The summed E-state index contributed by atoms with van der Waals surface area (Å²) in [5.41, 5.74) is 5.47. The van der Waals surface area contributed by atoms with E-state index < -0.39 is 0 Å². The van der Waals surface area contributed by atoms with Gasteiger partial charge >= 0.3 is 0 Å². The zero-order valence-corrected chi connectivity index (χ0v) is 8.08. The van der Waals surface area contributed by atoms with Gasteiger partial charge in [0, 0.05) is 38.6 Å². The van der Waals surface area contributed by atoms with Crippen molar-refractivity contribution >= 4 is 0 Å². The van der Waals surface area contributed by atoms with Crippen LogP contribution >= 0.6 is 0 Å². The van der Waals surface area contributed by atoms with Crippen molar-refractivity contribution in [2.45, 2.75) is 12.1 Å². The molecule has 1 aromatic heterocycles. The minimum atomic E-state index is -0.332. The van der Waals surface area contributed by atoms with Crippen LogP contribution in [0.1, 0.15) is 6.04 Å². The van der Waals surface area contributed by atoms with Crippen molar-refractivity contribution in [2.24, 2.45) is 5.73 Å². The average Bonchev–Trinajstić information content (AvgIpc) is 2.74. The van der Waals surface area contributed by atoms with Gasteiger partial charge in [0.1, 0.15) is 0 Å². The topological polar surface area (TPSA) is 67.3 Å². The summed E-state index contributed by atoms with van der Waals surface area (Å²) in [5.74, 6) is 0. The van der Waals surface area contributed by atoms with Crippen molar-refractivity contribution in [3.05, 3.63) is 18.5 Å². The first-order chi connectivity index (χ1) is 6.81. The maximum atomic E-state index is 9.81. The number of hydrogen-bond donors (Lipinski definition) is 2. The molecule has 0 spiro atoms. The molecule has 78 valence electrons. The molecule has 0 aromatic carbocycles. The van der Waals surface area contributed by atoms with E-state index in [2.05, 4.69) is 10.00 Å². The lowest BCUT2D eigenvalue weighted by Gasteiger charge is -2.14. The van der Waals surface area contributed by atoms with Gasteiger partial charge in [-0.25, -0.2) is 0 Å². The molecule has 1 saturated heterocycles. The molecule has 0 amide bonds. The van der Waals surface area contributed by atoms with Gasteiger partial charge in [-0.15, -0.1) is 0 Å². The summed E-state index contributed by atoms with van der Waals surface area (Å²) in [6.07, 6.45) is 3.29. The largest absolute Gasteiger partial charge is 0.390 e. The van der Waals surface area contributed by atoms with Crippen LogP contribution in [0.15, 0.2) is 18.5 Å². The molecule has 2 atom stereocenters. The number of rotatable bonds is 3. The van der Waals surface area contributed by atoms with Crippen molar-refractivity contribution in [2.75, 3.05) is 26.2 Å². The first-order valence-electron chi connectivity index (χ1n) is 4.91. The molecule has 2 unspecified atom stereocenters. The molecule has 2 heterocycles. The fourth-order valence-corrected chi connectivity index (χ4v) is 1.95. The lowest BCUT2D eigenvalue weighted by atomic mass is 10.2. The Kier molecular flexibility index (Phi) is 2.81. The van der Waals surface area contributed by atoms with Crippen molar-refractivity contribution in [1.82, 2.24) is 14.7 Å². The highest BCUT2D eigenvalue weighted by molar-refractivity contribution is 4.91. The van der Waals surface area contributed by atoms with Crippen LogP contribution in [0.5, 0.6) is 0 Å². The van der Waals surface area contributed by atoms with Gasteiger partial charge in [0.05, 0.1) is 12.1 Å². The van der Waals surface area contributed by atoms with Crippen LogP contribution in [-0.2, 0) is 0 Å². The second-order valence-electron chi connectivity index (χ2n) is 3.67. The minimum Gasteiger partial charge on any atom is -0.390 e. The van der Waals surface area contributed by atoms with Gasteiger partial charge in [-0.3, -0.25) is 9.58 Å². The van der Waals surface area contributed by atoms with E-state index in [0.29, 0.717) is 13.1 Å². The zero-order valence-electron chi connectivity index (χ0n) is 8.08. The number of aliphatic hydroxyl groups excluding tert-OH is 1. The number of hydrogen-bond acceptors (Lipinski definition) is 4. The Hall–Kier alpha value is -0.910. The number of nitrogens with two attached hydrogens (primary N) is 1. The van der Waals surface area contributed by atoms with Gasteiger partial charge in [0.2, 0.25) is 0 Å². The third-order valence-electron chi connectivity index (χ3n) is 2.64. The molecule has 3 N–H and O–H groups in total. The maximum Gasteiger partial charge on any atom is 0.0917 e. The Bertz CT molecular complexity index is 274. The quantitative estimate of drug-likeness (QED) is 0.654. The highest BCUT2D eigenvalue weighted by atomic mass is 16.3. The minimum absolute atomic E-state index is 0.0801. The Morgan fingerprint density at radius 3 is 3.00 bits per heavy atom. The standard InChI is InChI=1S/C9H16N4O/c10-2-5-12-6-8(9(14)7-12)13-4-1-3-11-13/h1,3-4,8-9,14H,2,5-7,10H2. The Balaban J connectivity index is 2.01. The predicted molar refractivity (Wildman–Crippen MR) is 52.8 cm³/mol. The molecular weight excluding hydrogens is 180 g/mol. The van der Waals surface area contributed by atoms with Gasteiger partial charge in [-0.2, -0.15) is 5.10 Å². The van der Waals surface area contributed by atoms with Gasteiger partial charge in [-0.1, -0.05) is 0 Å². The molecule has 1 fully saturated rings. The lowest BCUT2D eigenvalue weighted by molar-refractivity contribution is 0.139. The van der Waals surface area contributed by atoms with Gasteiger partial charge in [0.25, 0.3) is 0 Å². The molecule has 14 heavy (non-hydrogen) atoms. The van der Waals surface area contributed by atoms with E-state index >= 15 is 0 Å². The summed E-state index contributed by atoms with van der Waals surface area (Å²) in [5, 5.41) is 14.0. The molecule has 0 aliphatic carbocycles. The van der Waals surface area contributed by atoms with Crippen molar-refractivity contribution in [3.63, 3.8) is 0 Å². The summed E-state index contributed by atoms with van der Waals surface area (Å²) in [6, 6.07) is 1.95. The number of aromatic nitrogens is 2. The SMILES string of the molecule is NCCN1CC(O)C(n2cccn2)C1. The fraction of sp³-hybridized carbons (Fsp3) is 0.667. The van der Waals surface area contributed by atoms with E-state index in [4.69, 9.17) is 5.73 Å². The average molecular weight is 196 g/mol. The van der Waals surface area contributed by atoms with Gasteiger partial charge in [-0.05, 0) is 6.07 Å². The highest BCUT2D eigenvalue weighted by Gasteiger charge is 2.32. The van der Waals surface area contributed by atoms with E-state index in [0.717, 1.165) is 13.1 Å². The molecule has 1 aliphatic heterocycles. The van der Waals surface area contributed by atoms with E-state index in [1.54, 1.807) is 6.20 Å². The predicted octanol–water partition coefficient (Wildman–Crippen LogP) is -0.941. The maximum absolute atomic E-state index is 9.81. The number of nitrogens with zero attached hydrogens (tertiary/aromatic N) is 3. The summed E-state index contributed by atoms with van der Waals surface area (Å²) < 4.78 is 1.82. The third-order valence-corrected chi connectivity index (χ3v) is 2.64. The summed E-state index contributed by atoms with van der Waals surface area (Å²) in [7, 11) is 0. The summed E-state index contributed by atoms with van der Waals surface area (Å²) in [4.78, 5) is 2.16. The molecule has 5 heteroatoms. The smallest absolute Gasteiger partial charge is 0.0917 e. The second-order valence-corrected chi connectivity index (χ2v) is 3.67. The van der Waals surface area contributed by atoms with Gasteiger partial charge < -0.3 is 10.8 Å². The number of likely N-dealkylation sites (tertiary alicyclic amines) is 1. The van der Waals surface area contributed by atoms with Crippen LogP contribution in [0.2, 0.25) is 0 Å². The molecular formula is C9H16N4O. The van der Waals surface area contributed by atoms with Crippen molar-refractivity contribution in [3.8, 4) is 0 Å². The summed E-state index contributed by atoms with van der Waals surface area (Å²) in [6.45, 7) is 3.01. The zero-order chi connectivity index (χ0) is 9.97. The lowest BCUT2D eigenvalue weighted by Crippen LogP contribution is -2.28. The number of aliphatic hydroxyl groups is 1. The van der Waals surface area contributed by atoms with E-state index in [1.165, 1.54) is 0 Å².